The highest BCUT2D eigenvalue weighted by Gasteiger charge is 2.35. The van der Waals surface area contributed by atoms with E-state index in [1.165, 1.54) is 10.6 Å². The van der Waals surface area contributed by atoms with Crippen molar-refractivity contribution in [2.45, 2.75) is 75.9 Å². The number of hydrogen-bond acceptors (Lipinski definition) is 7. The van der Waals surface area contributed by atoms with E-state index in [1.54, 1.807) is 0 Å². The van der Waals surface area contributed by atoms with Crippen LogP contribution < -0.4 is 0 Å². The molecule has 9 nitrogen and oxygen atoms in total. The predicted molar refractivity (Wildman–Crippen MR) is 109 cm³/mol. The van der Waals surface area contributed by atoms with Gasteiger partial charge in [0, 0.05) is 32.2 Å². The number of carbonyl (C=O) groups is 1. The molecule has 10 heteroatoms. The second kappa shape index (κ2) is 9.32. The minimum atomic E-state index is -3.32. The van der Waals surface area contributed by atoms with Crippen LogP contribution in [0.15, 0.2) is 4.42 Å². The number of hydrogen-bond donors (Lipinski definition) is 0. The van der Waals surface area contributed by atoms with E-state index in [0.29, 0.717) is 44.3 Å². The van der Waals surface area contributed by atoms with E-state index >= 15 is 0 Å². The summed E-state index contributed by atoms with van der Waals surface area (Å²) in [5.74, 6) is 1.23. The molecular weight excluding hydrogens is 408 g/mol. The Balaban J connectivity index is 1.33. The number of piperidine rings is 2. The second-order valence-corrected chi connectivity index (χ2v) is 10.6. The third-order valence-corrected chi connectivity index (χ3v) is 7.78. The lowest BCUT2D eigenvalue weighted by molar-refractivity contribution is -0.136. The van der Waals surface area contributed by atoms with Crippen LogP contribution in [-0.2, 0) is 19.6 Å². The van der Waals surface area contributed by atoms with Crippen molar-refractivity contribution in [3.63, 3.8) is 0 Å². The van der Waals surface area contributed by atoms with Crippen LogP contribution in [0, 0.1) is 0 Å². The lowest BCUT2D eigenvalue weighted by Crippen LogP contribution is -2.40. The van der Waals surface area contributed by atoms with Crippen LogP contribution in [0.5, 0.6) is 0 Å². The van der Waals surface area contributed by atoms with Crippen LogP contribution in [0.4, 0.5) is 0 Å². The SMILES string of the molecule is CS(=O)(=O)N1CCCC[C@@H]1c1nnc(C2CCN(C(=O)C[C@H]3CCCCO3)CC2)o1. The standard InChI is InChI=1S/C20H32N4O5S/c1-30(26,27)24-10-4-2-7-17(24)20-22-21-19(29-20)15-8-11-23(12-9-15)18(25)14-16-6-3-5-13-28-16/h15-17H,2-14H2,1H3/t16-,17-/m1/s1. The predicted octanol–water partition coefficient (Wildman–Crippen LogP) is 2.22. The minimum absolute atomic E-state index is 0.0655. The Morgan fingerprint density at radius 3 is 2.43 bits per heavy atom. The molecule has 0 aliphatic carbocycles. The molecule has 1 amide bonds. The summed E-state index contributed by atoms with van der Waals surface area (Å²) in [6.07, 6.45) is 9.01. The molecule has 3 saturated heterocycles. The molecule has 0 saturated carbocycles. The first kappa shape index (κ1) is 21.7. The van der Waals surface area contributed by atoms with Gasteiger partial charge >= 0.3 is 0 Å². The number of amides is 1. The average molecular weight is 441 g/mol. The molecule has 0 aromatic carbocycles. The van der Waals surface area contributed by atoms with Gasteiger partial charge in [0.1, 0.15) is 6.04 Å². The fourth-order valence-corrected chi connectivity index (χ4v) is 5.88. The van der Waals surface area contributed by atoms with Gasteiger partial charge in [-0.05, 0) is 44.9 Å². The van der Waals surface area contributed by atoms with Gasteiger partial charge in [0.2, 0.25) is 27.7 Å². The van der Waals surface area contributed by atoms with Crippen LogP contribution in [-0.4, -0.2) is 72.3 Å². The lowest BCUT2D eigenvalue weighted by atomic mass is 9.96. The highest BCUT2D eigenvalue weighted by atomic mass is 32.2. The molecule has 0 N–H and O–H groups in total. The van der Waals surface area contributed by atoms with E-state index in [9.17, 15) is 13.2 Å². The molecule has 0 bridgehead atoms. The number of aromatic nitrogens is 2. The molecule has 1 aromatic heterocycles. The maximum Gasteiger partial charge on any atom is 0.234 e. The number of likely N-dealkylation sites (tertiary alicyclic amines) is 1. The molecule has 0 unspecified atom stereocenters. The highest BCUT2D eigenvalue weighted by molar-refractivity contribution is 7.88. The van der Waals surface area contributed by atoms with Gasteiger partial charge in [-0.3, -0.25) is 4.79 Å². The van der Waals surface area contributed by atoms with Gasteiger partial charge in [0.15, 0.2) is 0 Å². The average Bonchev–Trinajstić information content (AvgIpc) is 3.24. The van der Waals surface area contributed by atoms with Crippen LogP contribution in [0.2, 0.25) is 0 Å². The van der Waals surface area contributed by atoms with Crippen molar-refractivity contribution in [2.24, 2.45) is 0 Å². The lowest BCUT2D eigenvalue weighted by Gasteiger charge is -2.32. The first-order valence-electron chi connectivity index (χ1n) is 11.1. The molecule has 3 fully saturated rings. The van der Waals surface area contributed by atoms with E-state index in [0.717, 1.165) is 51.6 Å². The van der Waals surface area contributed by atoms with Crippen LogP contribution in [0.3, 0.4) is 0 Å². The monoisotopic (exact) mass is 440 g/mol. The van der Waals surface area contributed by atoms with Crippen molar-refractivity contribution in [3.05, 3.63) is 11.8 Å². The van der Waals surface area contributed by atoms with Gasteiger partial charge in [-0.1, -0.05) is 6.42 Å². The molecule has 0 radical (unpaired) electrons. The summed E-state index contributed by atoms with van der Waals surface area (Å²) in [6.45, 7) is 2.60. The summed E-state index contributed by atoms with van der Waals surface area (Å²) in [7, 11) is -3.32. The molecule has 30 heavy (non-hydrogen) atoms. The third-order valence-electron chi connectivity index (χ3n) is 6.49. The number of carbonyl (C=O) groups excluding carboxylic acids is 1. The summed E-state index contributed by atoms with van der Waals surface area (Å²) in [5, 5.41) is 8.42. The fraction of sp³-hybridized carbons (Fsp3) is 0.850. The minimum Gasteiger partial charge on any atom is -0.423 e. The number of rotatable bonds is 5. The Hall–Kier alpha value is -1.52. The number of ether oxygens (including phenoxy) is 1. The van der Waals surface area contributed by atoms with Gasteiger partial charge < -0.3 is 14.1 Å². The van der Waals surface area contributed by atoms with E-state index in [1.807, 2.05) is 4.90 Å². The van der Waals surface area contributed by atoms with Gasteiger partial charge in [0.05, 0.1) is 18.8 Å². The molecular formula is C20H32N4O5S. The molecule has 1 aromatic rings. The summed E-state index contributed by atoms with van der Waals surface area (Å²) >= 11 is 0. The van der Waals surface area contributed by atoms with E-state index < -0.39 is 10.0 Å². The first-order chi connectivity index (χ1) is 14.4. The maximum atomic E-state index is 12.6. The molecule has 3 aliphatic heterocycles. The van der Waals surface area contributed by atoms with Crippen molar-refractivity contribution in [3.8, 4) is 0 Å². The van der Waals surface area contributed by atoms with Crippen LogP contribution in [0.1, 0.15) is 81.5 Å². The maximum absolute atomic E-state index is 12.6. The van der Waals surface area contributed by atoms with Crippen molar-refractivity contribution in [1.29, 1.82) is 0 Å². The Morgan fingerprint density at radius 2 is 1.73 bits per heavy atom. The second-order valence-electron chi connectivity index (χ2n) is 8.71. The highest BCUT2D eigenvalue weighted by Crippen LogP contribution is 2.34. The summed E-state index contributed by atoms with van der Waals surface area (Å²) in [6, 6.07) is -0.368. The first-order valence-corrected chi connectivity index (χ1v) is 13.0. The van der Waals surface area contributed by atoms with E-state index in [4.69, 9.17) is 9.15 Å². The zero-order chi connectivity index (χ0) is 21.1. The Kier molecular flexibility index (Phi) is 6.74. The quantitative estimate of drug-likeness (QED) is 0.691. The fourth-order valence-electron chi connectivity index (χ4n) is 4.76. The van der Waals surface area contributed by atoms with Crippen molar-refractivity contribution >= 4 is 15.9 Å². The Labute approximate surface area is 178 Å². The smallest absolute Gasteiger partial charge is 0.234 e. The van der Waals surface area contributed by atoms with E-state index in [-0.39, 0.29) is 24.0 Å². The van der Waals surface area contributed by atoms with Gasteiger partial charge in [-0.15, -0.1) is 10.2 Å². The summed E-state index contributed by atoms with van der Waals surface area (Å²) in [5.41, 5.74) is 0. The summed E-state index contributed by atoms with van der Waals surface area (Å²) in [4.78, 5) is 14.5. The Morgan fingerprint density at radius 1 is 1.00 bits per heavy atom. The molecule has 4 heterocycles. The van der Waals surface area contributed by atoms with Crippen molar-refractivity contribution in [1.82, 2.24) is 19.4 Å². The third kappa shape index (κ3) is 5.03. The molecule has 3 aliphatic rings. The van der Waals surface area contributed by atoms with Gasteiger partial charge in [-0.25, -0.2) is 8.42 Å². The zero-order valence-electron chi connectivity index (χ0n) is 17.7. The topological polar surface area (TPSA) is 106 Å². The summed E-state index contributed by atoms with van der Waals surface area (Å²) < 4.78 is 37.3. The van der Waals surface area contributed by atoms with Crippen molar-refractivity contribution in [2.75, 3.05) is 32.5 Å². The van der Waals surface area contributed by atoms with Gasteiger partial charge in [-0.2, -0.15) is 4.31 Å². The zero-order valence-corrected chi connectivity index (χ0v) is 18.5. The Bertz CT molecular complexity index is 828. The number of sulfonamides is 1. The molecule has 4 rings (SSSR count). The van der Waals surface area contributed by atoms with Crippen LogP contribution >= 0.6 is 0 Å². The van der Waals surface area contributed by atoms with Crippen molar-refractivity contribution < 1.29 is 22.4 Å². The molecule has 2 atom stereocenters. The molecule has 0 spiro atoms. The molecule has 168 valence electrons. The van der Waals surface area contributed by atoms with Gasteiger partial charge in [0.25, 0.3) is 0 Å². The van der Waals surface area contributed by atoms with Crippen LogP contribution in [0.25, 0.3) is 0 Å². The largest absolute Gasteiger partial charge is 0.423 e. The normalized spacial score (nSPS) is 27.3. The number of nitrogens with zero attached hydrogens (tertiary/aromatic N) is 4. The van der Waals surface area contributed by atoms with E-state index in [2.05, 4.69) is 10.2 Å².